The molecule has 15 aromatic rings. The molecule has 8 aromatic heterocycles. The van der Waals surface area contributed by atoms with Gasteiger partial charge >= 0.3 is 6.18 Å². The lowest BCUT2D eigenvalue weighted by Crippen LogP contribution is -2.32. The van der Waals surface area contributed by atoms with Crippen molar-refractivity contribution in [2.75, 3.05) is 0 Å². The SMILES string of the molecule is Cc1c(-c2cc(C(C)(C)C)cc[n+]2C)cccc1-c1n(C)cc[n+]1C.Cc1c(-c2cccc[n+]2C)c(F)cc(F)c1-c1n(-c2ccccc2)cc[n+]1C.Cc1c(-c2cccc[n+]2C)cc(C(F)(F)F)cc1-c1n(-c2ccccc2)cc[n+]1C.Cc1cc(C)c(-c2n(-c3ccccc3)cc[n+]2C)c(C)c1-c1cccc[n+]1C. The maximum atomic E-state index is 15.1. The molecule has 15 rings (SSSR count). The standard InChI is InChI=1S/C25H27N3.C24H22F3N3.C23H21F2N3.C22H29N3/c1-18-17-19(2)24(20(3)23(18)22-13-9-10-14-26(22)4)25-27(5)15-16-28(25)21-11-7-6-8-12-21;1-17-20(22-11-7-8-12-28(22)2)15-18(24(25,26)27)16-21(17)23-29(3)13-14-30(23)19-9-5-4-6-10-19;1-16-21(20-11-7-8-12-26(20)2)18(24)15-19(25)22(16)23-27(3)13-14-28(23)17-9-5-4-6-10-17;1-16-18(20-15-17(22(2,3)4)11-12-23(20)5)9-8-10-19(16)21-24(6)13-14-25(21)7/h6-17H,1-5H3;4-16H,1-3H3;4-15H,1-3H3;8-15H,1-7H3/q4*+2. The first-order valence-electron chi connectivity index (χ1n) is 37.1. The highest BCUT2D eigenvalue weighted by molar-refractivity contribution is 5.79. The van der Waals surface area contributed by atoms with Crippen molar-refractivity contribution in [1.82, 2.24) is 18.3 Å². The maximum Gasteiger partial charge on any atom is 0.416 e. The average Bonchev–Trinajstić information content (AvgIpc) is 1.74. The van der Waals surface area contributed by atoms with E-state index in [9.17, 15) is 17.6 Å². The van der Waals surface area contributed by atoms with Gasteiger partial charge in [0.25, 0.3) is 23.3 Å². The van der Waals surface area contributed by atoms with Crippen LogP contribution in [0, 0.1) is 53.2 Å². The zero-order chi connectivity index (χ0) is 79.5. The molecule has 562 valence electrons. The third kappa shape index (κ3) is 16.1. The number of hydrogen-bond donors (Lipinski definition) is 0. The Morgan fingerprint density at radius 2 is 0.685 bits per heavy atom. The molecule has 0 saturated heterocycles. The summed E-state index contributed by atoms with van der Waals surface area (Å²) in [4.78, 5) is 0. The van der Waals surface area contributed by atoms with Crippen LogP contribution in [-0.2, 0) is 75.0 Å². The predicted octanol–water partition coefficient (Wildman–Crippen LogP) is 16.8. The van der Waals surface area contributed by atoms with E-state index in [1.165, 1.54) is 90.9 Å². The van der Waals surface area contributed by atoms with Crippen molar-refractivity contribution in [3.63, 3.8) is 0 Å². The van der Waals surface area contributed by atoms with E-state index < -0.39 is 23.4 Å². The Morgan fingerprint density at radius 1 is 0.288 bits per heavy atom. The Morgan fingerprint density at radius 3 is 1.17 bits per heavy atom. The first kappa shape index (κ1) is 78.2. The summed E-state index contributed by atoms with van der Waals surface area (Å²) in [7, 11) is 17.9. The molecule has 0 N–H and O–H groups in total. The van der Waals surface area contributed by atoms with E-state index in [1.54, 1.807) is 6.92 Å². The molecule has 0 atom stereocenters. The number of benzene rings is 7. The van der Waals surface area contributed by atoms with Gasteiger partial charge in [-0.15, -0.1) is 0 Å². The average molecular weight is 1490 g/mol. The van der Waals surface area contributed by atoms with E-state index in [1.807, 2.05) is 197 Å². The van der Waals surface area contributed by atoms with Crippen molar-refractivity contribution < 1.29 is 58.5 Å². The third-order valence-corrected chi connectivity index (χ3v) is 21.0. The minimum Gasteiger partial charge on any atom is -0.233 e. The van der Waals surface area contributed by atoms with E-state index in [-0.39, 0.29) is 5.41 Å². The summed E-state index contributed by atoms with van der Waals surface area (Å²) in [6.07, 6.45) is 19.5. The van der Waals surface area contributed by atoms with Crippen LogP contribution in [0.3, 0.4) is 0 Å². The lowest BCUT2D eigenvalue weighted by molar-refractivity contribution is -0.660. The molecule has 0 saturated carbocycles. The summed E-state index contributed by atoms with van der Waals surface area (Å²) < 4.78 is 95.9. The second-order valence-electron chi connectivity index (χ2n) is 29.7. The van der Waals surface area contributed by atoms with E-state index in [0.717, 1.165) is 28.7 Å². The molecule has 0 amide bonds. The first-order valence-corrected chi connectivity index (χ1v) is 37.1. The minimum absolute atomic E-state index is 0.138. The smallest absolute Gasteiger partial charge is 0.233 e. The Labute approximate surface area is 648 Å². The zero-order valence-corrected chi connectivity index (χ0v) is 66.7. The molecule has 0 aliphatic carbocycles. The van der Waals surface area contributed by atoms with Gasteiger partial charge < -0.3 is 0 Å². The van der Waals surface area contributed by atoms with Crippen molar-refractivity contribution in [2.24, 2.45) is 63.4 Å². The zero-order valence-electron chi connectivity index (χ0n) is 66.7. The summed E-state index contributed by atoms with van der Waals surface area (Å²) in [6, 6.07) is 64.3. The summed E-state index contributed by atoms with van der Waals surface area (Å²) in [6.45, 7) is 19.3. The molecule has 0 bridgehead atoms. The number of imidazole rings is 4. The number of halogens is 5. The number of nitrogens with zero attached hydrogens (tertiary/aromatic N) is 12. The Kier molecular flexibility index (Phi) is 22.9. The topological polar surface area (TPSA) is 50.8 Å². The monoisotopic (exact) mass is 1490 g/mol. The summed E-state index contributed by atoms with van der Waals surface area (Å²) in [5.41, 5.74) is 21.3. The van der Waals surface area contributed by atoms with Crippen LogP contribution < -0.4 is 36.5 Å². The molecular weight excluding hydrogens is 1390 g/mol. The molecule has 0 unspecified atom stereocenters. The number of aromatic nitrogens is 12. The quantitative estimate of drug-likeness (QED) is 0.0915. The van der Waals surface area contributed by atoms with Crippen LogP contribution in [-0.4, -0.2) is 18.3 Å². The normalized spacial score (nSPS) is 11.4. The van der Waals surface area contributed by atoms with Crippen LogP contribution in [0.1, 0.15) is 65.3 Å². The molecule has 8 heterocycles. The molecule has 0 aliphatic heterocycles. The lowest BCUT2D eigenvalue weighted by atomic mass is 9.86. The number of pyridine rings is 4. The van der Waals surface area contributed by atoms with Gasteiger partial charge in [0, 0.05) is 60.2 Å². The second kappa shape index (κ2) is 32.4. The fourth-order valence-electron chi connectivity index (χ4n) is 15.2. The van der Waals surface area contributed by atoms with Crippen molar-refractivity contribution in [1.29, 1.82) is 0 Å². The molecule has 0 aliphatic rings. The summed E-state index contributed by atoms with van der Waals surface area (Å²) in [5.74, 6) is 2.60. The van der Waals surface area contributed by atoms with Crippen LogP contribution in [0.4, 0.5) is 22.0 Å². The Bertz CT molecular complexity index is 5690. The van der Waals surface area contributed by atoms with Gasteiger partial charge in [-0.05, 0) is 165 Å². The lowest BCUT2D eigenvalue weighted by Gasteiger charge is -2.19. The van der Waals surface area contributed by atoms with Gasteiger partial charge in [0.15, 0.2) is 24.8 Å². The number of aryl methyl sites for hydroxylation is 11. The fourth-order valence-corrected chi connectivity index (χ4v) is 15.2. The summed E-state index contributed by atoms with van der Waals surface area (Å²) >= 11 is 0. The highest BCUT2D eigenvalue weighted by atomic mass is 19.4. The molecule has 0 spiro atoms. The van der Waals surface area contributed by atoms with Gasteiger partial charge in [-0.1, -0.05) is 87.5 Å². The molecule has 12 nitrogen and oxygen atoms in total. The van der Waals surface area contributed by atoms with Crippen LogP contribution in [0.15, 0.2) is 275 Å². The van der Waals surface area contributed by atoms with Gasteiger partial charge in [-0.3, -0.25) is 0 Å². The van der Waals surface area contributed by atoms with E-state index in [4.69, 9.17) is 0 Å². The van der Waals surface area contributed by atoms with Crippen molar-refractivity contribution in [3.05, 3.63) is 331 Å². The molecule has 111 heavy (non-hydrogen) atoms. The number of rotatable bonds is 11. The molecule has 0 fully saturated rings. The van der Waals surface area contributed by atoms with E-state index >= 15 is 4.39 Å². The van der Waals surface area contributed by atoms with Gasteiger partial charge in [0.2, 0.25) is 22.8 Å². The predicted molar refractivity (Wildman–Crippen MR) is 428 cm³/mol. The second-order valence-corrected chi connectivity index (χ2v) is 29.7. The highest BCUT2D eigenvalue weighted by Crippen LogP contribution is 2.41. The maximum absolute atomic E-state index is 15.1. The highest BCUT2D eigenvalue weighted by Gasteiger charge is 2.37. The van der Waals surface area contributed by atoms with E-state index in [0.29, 0.717) is 45.2 Å². The van der Waals surface area contributed by atoms with Gasteiger partial charge in [0.1, 0.15) is 112 Å². The Hall–Kier alpha value is -12.4. The summed E-state index contributed by atoms with van der Waals surface area (Å²) in [5, 5.41) is 0. The van der Waals surface area contributed by atoms with E-state index in [2.05, 4.69) is 233 Å². The molecule has 17 heteroatoms. The first-order chi connectivity index (χ1) is 52.9. The third-order valence-electron chi connectivity index (χ3n) is 21.0. The van der Waals surface area contributed by atoms with Gasteiger partial charge in [-0.2, -0.15) is 26.9 Å². The molecule has 7 aromatic carbocycles. The van der Waals surface area contributed by atoms with Crippen LogP contribution in [0.2, 0.25) is 0 Å². The molecule has 0 radical (unpaired) electrons. The fraction of sp³-hybridized carbons (Fsp3) is 0.213. The number of para-hydroxylation sites is 3. The van der Waals surface area contributed by atoms with Crippen molar-refractivity contribution in [3.8, 4) is 108 Å². The largest absolute Gasteiger partial charge is 0.416 e. The Balaban J connectivity index is 0.000000138. The van der Waals surface area contributed by atoms with Crippen molar-refractivity contribution >= 4 is 0 Å². The van der Waals surface area contributed by atoms with Crippen molar-refractivity contribution in [2.45, 2.75) is 73.9 Å². The van der Waals surface area contributed by atoms with Gasteiger partial charge in [0.05, 0.1) is 74.2 Å². The van der Waals surface area contributed by atoms with Gasteiger partial charge in [-0.25, -0.2) is 49.9 Å². The van der Waals surface area contributed by atoms with Crippen LogP contribution >= 0.6 is 0 Å². The number of alkyl halides is 3. The number of hydrogen-bond acceptors (Lipinski definition) is 0. The van der Waals surface area contributed by atoms with Crippen LogP contribution in [0.5, 0.6) is 0 Å². The molecular formula is C94H99F5N12+8. The minimum atomic E-state index is -4.45. The van der Waals surface area contributed by atoms with Crippen LogP contribution in [0.25, 0.3) is 108 Å².